The number of aromatic nitrogens is 2. The van der Waals surface area contributed by atoms with Gasteiger partial charge in [0, 0.05) is 13.6 Å². The van der Waals surface area contributed by atoms with Crippen molar-refractivity contribution < 1.29 is 8.42 Å². The van der Waals surface area contributed by atoms with Crippen molar-refractivity contribution in [3.63, 3.8) is 0 Å². The van der Waals surface area contributed by atoms with Gasteiger partial charge in [-0.1, -0.05) is 0 Å². The summed E-state index contributed by atoms with van der Waals surface area (Å²) in [4.78, 5) is 20.5. The van der Waals surface area contributed by atoms with Gasteiger partial charge in [-0.3, -0.25) is 9.78 Å². The van der Waals surface area contributed by atoms with E-state index >= 15 is 0 Å². The molecule has 7 nitrogen and oxygen atoms in total. The number of sulfone groups is 1. The van der Waals surface area contributed by atoms with E-state index < -0.39 is 15.4 Å². The van der Waals surface area contributed by atoms with Crippen LogP contribution in [0.15, 0.2) is 31.3 Å². The van der Waals surface area contributed by atoms with Gasteiger partial charge in [-0.05, 0) is 60.0 Å². The summed E-state index contributed by atoms with van der Waals surface area (Å²) in [5.41, 5.74) is 0.651. The van der Waals surface area contributed by atoms with Crippen LogP contribution in [-0.2, 0) is 9.84 Å². The highest BCUT2D eigenvalue weighted by atomic mass is 79.9. The van der Waals surface area contributed by atoms with E-state index in [2.05, 4.69) is 25.9 Å². The Labute approximate surface area is 154 Å². The zero-order valence-electron chi connectivity index (χ0n) is 14.2. The lowest BCUT2D eigenvalue weighted by atomic mass is 10.1. The number of aromatic amines is 1. The van der Waals surface area contributed by atoms with Crippen LogP contribution in [-0.4, -0.2) is 32.0 Å². The first-order chi connectivity index (χ1) is 11.6. The molecular formula is C16H17BrN4O3S. The van der Waals surface area contributed by atoms with Crippen molar-refractivity contribution in [3.8, 4) is 6.07 Å². The lowest BCUT2D eigenvalue weighted by Crippen LogP contribution is -2.25. The first-order valence-corrected chi connectivity index (χ1v) is 9.68. The average molecular weight is 425 g/mol. The monoisotopic (exact) mass is 424 g/mol. The maximum Gasteiger partial charge on any atom is 0.267 e. The summed E-state index contributed by atoms with van der Waals surface area (Å²) in [7, 11) is -2.36. The van der Waals surface area contributed by atoms with Crippen LogP contribution >= 0.6 is 15.9 Å². The van der Waals surface area contributed by atoms with Gasteiger partial charge in [0.25, 0.3) is 5.56 Å². The molecule has 25 heavy (non-hydrogen) atoms. The first kappa shape index (κ1) is 19.1. The number of nitrogens with zero attached hydrogens (tertiary/aromatic N) is 3. The van der Waals surface area contributed by atoms with Gasteiger partial charge in [-0.15, -0.1) is 0 Å². The van der Waals surface area contributed by atoms with Gasteiger partial charge in [0.2, 0.25) is 15.8 Å². The van der Waals surface area contributed by atoms with Crippen LogP contribution in [0, 0.1) is 25.2 Å². The summed E-state index contributed by atoms with van der Waals surface area (Å²) >= 11 is 3.04. The largest absolute Gasteiger partial charge is 0.346 e. The highest BCUT2D eigenvalue weighted by molar-refractivity contribution is 9.10. The van der Waals surface area contributed by atoms with Crippen molar-refractivity contribution in [3.05, 3.63) is 43.6 Å². The van der Waals surface area contributed by atoms with E-state index in [-0.39, 0.29) is 20.3 Å². The maximum atomic E-state index is 13.2. The summed E-state index contributed by atoms with van der Waals surface area (Å²) in [5, 5.41) is 8.69. The first-order valence-electron chi connectivity index (χ1n) is 7.40. The summed E-state index contributed by atoms with van der Waals surface area (Å²) in [6.45, 7) is 5.62. The van der Waals surface area contributed by atoms with E-state index in [1.165, 1.54) is 12.1 Å². The lowest BCUT2D eigenvalue weighted by Gasteiger charge is -2.17. The number of nitriles is 1. The smallest absolute Gasteiger partial charge is 0.267 e. The van der Waals surface area contributed by atoms with Crippen LogP contribution in [0.4, 0.5) is 5.95 Å². The van der Waals surface area contributed by atoms with Crippen LogP contribution in [0.2, 0.25) is 0 Å². The van der Waals surface area contributed by atoms with Gasteiger partial charge >= 0.3 is 0 Å². The maximum absolute atomic E-state index is 13.2. The Bertz CT molecular complexity index is 1020. The van der Waals surface area contributed by atoms with Gasteiger partial charge in [0.15, 0.2) is 5.03 Å². The molecule has 0 amide bonds. The highest BCUT2D eigenvalue weighted by Crippen LogP contribution is 2.30. The molecule has 1 aromatic heterocycles. The zero-order chi connectivity index (χ0) is 18.9. The van der Waals surface area contributed by atoms with Gasteiger partial charge in [0.05, 0.1) is 16.5 Å². The van der Waals surface area contributed by atoms with E-state index in [0.29, 0.717) is 23.2 Å². The van der Waals surface area contributed by atoms with Crippen molar-refractivity contribution >= 4 is 31.7 Å². The molecule has 2 rings (SSSR count). The fourth-order valence-electron chi connectivity index (χ4n) is 2.47. The molecule has 132 valence electrons. The predicted molar refractivity (Wildman–Crippen MR) is 97.6 cm³/mol. The Morgan fingerprint density at radius 2 is 1.88 bits per heavy atom. The quantitative estimate of drug-likeness (QED) is 0.754. The zero-order valence-corrected chi connectivity index (χ0v) is 16.6. The topological polar surface area (TPSA) is 107 Å². The van der Waals surface area contributed by atoms with Gasteiger partial charge < -0.3 is 4.90 Å². The van der Waals surface area contributed by atoms with Crippen LogP contribution in [0.1, 0.15) is 23.6 Å². The number of anilines is 1. The summed E-state index contributed by atoms with van der Waals surface area (Å²) in [5.74, 6) is 0.165. The molecule has 1 aromatic carbocycles. The van der Waals surface area contributed by atoms with E-state index in [1.807, 2.05) is 13.0 Å². The van der Waals surface area contributed by atoms with Gasteiger partial charge in [-0.2, -0.15) is 5.26 Å². The minimum absolute atomic E-state index is 0.0513. The summed E-state index contributed by atoms with van der Waals surface area (Å²) in [6.07, 6.45) is 0. The summed E-state index contributed by atoms with van der Waals surface area (Å²) < 4.78 is 26.2. The van der Waals surface area contributed by atoms with Crippen molar-refractivity contribution in [2.75, 3.05) is 18.5 Å². The Balaban J connectivity index is 2.80. The Kier molecular flexibility index (Phi) is 5.34. The average Bonchev–Trinajstić information content (AvgIpc) is 2.55. The molecule has 0 unspecified atom stereocenters. The molecule has 0 aliphatic rings. The van der Waals surface area contributed by atoms with Gasteiger partial charge in [0.1, 0.15) is 4.47 Å². The number of hydrogen-bond donors (Lipinski definition) is 1. The SMILES string of the molecule is CCN(C)c1nc(S(=O)(=O)c2c(C)cc(C#N)cc2C)c(Br)c(=O)[nH]1. The van der Waals surface area contributed by atoms with Crippen LogP contribution in [0.3, 0.4) is 0 Å². The molecule has 0 saturated carbocycles. The number of nitrogens with one attached hydrogen (secondary N) is 1. The van der Waals surface area contributed by atoms with Crippen LogP contribution < -0.4 is 10.5 Å². The minimum atomic E-state index is -4.06. The molecule has 0 saturated heterocycles. The normalized spacial score (nSPS) is 11.2. The van der Waals surface area contributed by atoms with E-state index in [9.17, 15) is 13.2 Å². The molecule has 0 atom stereocenters. The Morgan fingerprint density at radius 1 is 1.32 bits per heavy atom. The fourth-order valence-corrected chi connectivity index (χ4v) is 4.99. The molecule has 9 heteroatoms. The fraction of sp³-hybridized carbons (Fsp3) is 0.312. The van der Waals surface area contributed by atoms with E-state index in [0.717, 1.165) is 0 Å². The Morgan fingerprint density at radius 3 is 2.36 bits per heavy atom. The molecule has 0 spiro atoms. The summed E-state index contributed by atoms with van der Waals surface area (Å²) in [6, 6.07) is 5.00. The molecule has 1 N–H and O–H groups in total. The lowest BCUT2D eigenvalue weighted by molar-refractivity contribution is 0.589. The second kappa shape index (κ2) is 6.98. The molecular weight excluding hydrogens is 408 g/mol. The van der Waals surface area contributed by atoms with Crippen molar-refractivity contribution in [1.29, 1.82) is 5.26 Å². The number of benzene rings is 1. The van der Waals surface area contributed by atoms with Crippen molar-refractivity contribution in [2.45, 2.75) is 30.7 Å². The molecule has 0 fully saturated rings. The second-order valence-electron chi connectivity index (χ2n) is 5.58. The molecule has 0 aliphatic heterocycles. The number of halogens is 1. The van der Waals surface area contributed by atoms with Crippen molar-refractivity contribution in [1.82, 2.24) is 9.97 Å². The number of rotatable bonds is 4. The third-order valence-electron chi connectivity index (χ3n) is 3.77. The van der Waals surface area contributed by atoms with Gasteiger partial charge in [-0.25, -0.2) is 13.4 Å². The predicted octanol–water partition coefficient (Wildman–Crippen LogP) is 2.31. The Hall–Kier alpha value is -2.18. The second-order valence-corrected chi connectivity index (χ2v) is 8.17. The number of hydrogen-bond acceptors (Lipinski definition) is 6. The molecule has 0 radical (unpaired) electrons. The molecule has 0 bridgehead atoms. The van der Waals surface area contributed by atoms with E-state index in [4.69, 9.17) is 5.26 Å². The third-order valence-corrected chi connectivity index (χ3v) is 6.75. The van der Waals surface area contributed by atoms with Crippen molar-refractivity contribution in [2.24, 2.45) is 0 Å². The minimum Gasteiger partial charge on any atom is -0.346 e. The molecule has 2 aromatic rings. The standard InChI is InChI=1S/C16H17BrN4O3S/c1-5-21(4)16-19-14(22)12(17)15(20-16)25(23,24)13-9(2)6-11(8-18)7-10(13)3/h6-7H,5H2,1-4H3,(H,19,20,22). The number of aryl methyl sites for hydroxylation is 2. The van der Waals surface area contributed by atoms with E-state index in [1.54, 1.807) is 25.8 Å². The molecule has 0 aliphatic carbocycles. The number of H-pyrrole nitrogens is 1. The van der Waals surface area contributed by atoms with Crippen LogP contribution in [0.5, 0.6) is 0 Å². The van der Waals surface area contributed by atoms with Crippen LogP contribution in [0.25, 0.3) is 0 Å². The third kappa shape index (κ3) is 3.45. The molecule has 1 heterocycles. The highest BCUT2D eigenvalue weighted by Gasteiger charge is 2.29.